The summed E-state index contributed by atoms with van der Waals surface area (Å²) < 4.78 is 22.2. The molecule has 5 amide bonds. The van der Waals surface area contributed by atoms with Gasteiger partial charge in [-0.3, -0.25) is 4.79 Å². The average Bonchev–Trinajstić information content (AvgIpc) is 3.37. The highest BCUT2D eigenvalue weighted by atomic mass is 16.6. The fourth-order valence-corrected chi connectivity index (χ4v) is 7.08. The SMILES string of the molecule is NCCNC(=O)CCCCCN(CCCN(CCCNC(=O)OCc1ccccc1)C(=O)OCc1ccccc1)CCCN(CCCNC(=O)OCc1ccccc1)C(=O)OCc1ccccc1. The predicted molar refractivity (Wildman–Crippen MR) is 261 cm³/mol. The summed E-state index contributed by atoms with van der Waals surface area (Å²) >= 11 is 0. The second kappa shape index (κ2) is 33.8. The Morgan fingerprint density at radius 3 is 1.16 bits per heavy atom. The Morgan fingerprint density at radius 2 is 0.765 bits per heavy atom. The first-order valence-corrected chi connectivity index (χ1v) is 23.8. The Balaban J connectivity index is 1.33. The number of carbonyl (C=O) groups is 5. The van der Waals surface area contributed by atoms with Crippen LogP contribution in [0.5, 0.6) is 0 Å². The minimum absolute atomic E-state index is 0.00987. The molecule has 68 heavy (non-hydrogen) atoms. The molecule has 0 radical (unpaired) electrons. The van der Waals surface area contributed by atoms with Crippen LogP contribution in [0.1, 0.15) is 73.6 Å². The summed E-state index contributed by atoms with van der Waals surface area (Å²) in [6, 6.07) is 37.9. The van der Waals surface area contributed by atoms with Crippen LogP contribution in [0.25, 0.3) is 0 Å². The molecule has 0 spiro atoms. The first kappa shape index (κ1) is 54.0. The van der Waals surface area contributed by atoms with Crippen LogP contribution in [-0.4, -0.2) is 117 Å². The van der Waals surface area contributed by atoms with Crippen molar-refractivity contribution in [3.63, 3.8) is 0 Å². The molecule has 0 heterocycles. The molecule has 0 aliphatic heterocycles. The third kappa shape index (κ3) is 24.2. The Kier molecular flexibility index (Phi) is 26.8. The number of benzene rings is 4. The molecule has 16 nitrogen and oxygen atoms in total. The van der Waals surface area contributed by atoms with E-state index in [9.17, 15) is 24.0 Å². The number of hydrogen-bond acceptors (Lipinski definition) is 11. The smallest absolute Gasteiger partial charge is 0.410 e. The number of carbonyl (C=O) groups excluding carboxylic acids is 5. The predicted octanol–water partition coefficient (Wildman–Crippen LogP) is 7.61. The number of nitrogens with two attached hydrogens (primary N) is 1. The van der Waals surface area contributed by atoms with Crippen LogP contribution in [0.2, 0.25) is 0 Å². The van der Waals surface area contributed by atoms with Crippen LogP contribution in [-0.2, 0) is 50.2 Å². The van der Waals surface area contributed by atoms with Gasteiger partial charge in [0.25, 0.3) is 0 Å². The summed E-state index contributed by atoms with van der Waals surface area (Å²) in [5, 5.41) is 8.38. The van der Waals surface area contributed by atoms with Crippen molar-refractivity contribution in [3.8, 4) is 0 Å². The number of nitrogens with zero attached hydrogens (tertiary/aromatic N) is 3. The van der Waals surface area contributed by atoms with Crippen molar-refractivity contribution in [2.24, 2.45) is 5.73 Å². The summed E-state index contributed by atoms with van der Waals surface area (Å²) in [6.45, 7) is 5.70. The van der Waals surface area contributed by atoms with Crippen LogP contribution in [0.4, 0.5) is 19.2 Å². The van der Waals surface area contributed by atoms with Crippen LogP contribution >= 0.6 is 0 Å². The molecule has 0 saturated carbocycles. The quantitative estimate of drug-likeness (QED) is 0.0278. The molecule has 4 aromatic carbocycles. The van der Waals surface area contributed by atoms with E-state index in [1.54, 1.807) is 9.80 Å². The van der Waals surface area contributed by atoms with E-state index in [1.165, 1.54) is 0 Å². The van der Waals surface area contributed by atoms with Gasteiger partial charge < -0.3 is 55.3 Å². The molecule has 0 aromatic heterocycles. The highest BCUT2D eigenvalue weighted by Crippen LogP contribution is 2.11. The van der Waals surface area contributed by atoms with Gasteiger partial charge >= 0.3 is 24.4 Å². The highest BCUT2D eigenvalue weighted by Gasteiger charge is 2.19. The van der Waals surface area contributed by atoms with Crippen molar-refractivity contribution in [2.45, 2.75) is 77.8 Å². The van der Waals surface area contributed by atoms with Gasteiger partial charge in [0, 0.05) is 58.8 Å². The van der Waals surface area contributed by atoms with E-state index in [1.807, 2.05) is 121 Å². The van der Waals surface area contributed by atoms with Gasteiger partial charge in [-0.15, -0.1) is 0 Å². The van der Waals surface area contributed by atoms with Crippen molar-refractivity contribution in [1.82, 2.24) is 30.7 Å². The molecule has 0 bridgehead atoms. The Morgan fingerprint density at radius 1 is 0.397 bits per heavy atom. The molecule has 4 aromatic rings. The highest BCUT2D eigenvalue weighted by molar-refractivity contribution is 5.75. The first-order chi connectivity index (χ1) is 33.3. The molecule has 0 aliphatic carbocycles. The Labute approximate surface area is 401 Å². The largest absolute Gasteiger partial charge is 0.445 e. The number of hydrogen-bond donors (Lipinski definition) is 4. The number of nitrogens with one attached hydrogen (secondary N) is 3. The Bertz CT molecular complexity index is 1870. The zero-order valence-corrected chi connectivity index (χ0v) is 39.4. The summed E-state index contributed by atoms with van der Waals surface area (Å²) in [6.07, 6.45) is 3.20. The van der Waals surface area contributed by atoms with E-state index >= 15 is 0 Å². The molecule has 16 heteroatoms. The van der Waals surface area contributed by atoms with Gasteiger partial charge in [0.1, 0.15) is 26.4 Å². The van der Waals surface area contributed by atoms with E-state index in [4.69, 9.17) is 24.7 Å². The number of alkyl carbamates (subject to hydrolysis) is 2. The molecule has 4 rings (SSSR count). The summed E-state index contributed by atoms with van der Waals surface area (Å²) in [4.78, 5) is 69.6. The first-order valence-electron chi connectivity index (χ1n) is 23.8. The lowest BCUT2D eigenvalue weighted by Gasteiger charge is -2.27. The van der Waals surface area contributed by atoms with Gasteiger partial charge in [-0.05, 0) is 80.4 Å². The topological polar surface area (TPSA) is 194 Å². The molecule has 0 saturated heterocycles. The molecular formula is C52H71N7O9. The van der Waals surface area contributed by atoms with Crippen molar-refractivity contribution in [2.75, 3.05) is 72.0 Å². The maximum Gasteiger partial charge on any atom is 0.410 e. The van der Waals surface area contributed by atoms with E-state index < -0.39 is 24.4 Å². The number of amides is 5. The fraction of sp³-hybridized carbons (Fsp3) is 0.442. The number of unbranched alkanes of at least 4 members (excludes halogenated alkanes) is 2. The van der Waals surface area contributed by atoms with Crippen molar-refractivity contribution < 1.29 is 42.9 Å². The molecule has 5 N–H and O–H groups in total. The summed E-state index contributed by atoms with van der Waals surface area (Å²) in [5.74, 6) is -0.00987. The van der Waals surface area contributed by atoms with Crippen LogP contribution in [0.15, 0.2) is 121 Å². The minimum Gasteiger partial charge on any atom is -0.445 e. The maximum absolute atomic E-state index is 13.5. The van der Waals surface area contributed by atoms with Gasteiger partial charge in [0.05, 0.1) is 0 Å². The summed E-state index contributed by atoms with van der Waals surface area (Å²) in [5.41, 5.74) is 9.06. The minimum atomic E-state index is -0.530. The lowest BCUT2D eigenvalue weighted by atomic mass is 10.1. The van der Waals surface area contributed by atoms with Gasteiger partial charge in [0.2, 0.25) is 5.91 Å². The maximum atomic E-state index is 13.5. The number of ether oxygens (including phenoxy) is 4. The lowest BCUT2D eigenvalue weighted by molar-refractivity contribution is -0.121. The zero-order chi connectivity index (χ0) is 48.3. The van der Waals surface area contributed by atoms with Crippen molar-refractivity contribution >= 4 is 30.3 Å². The fourth-order valence-electron chi connectivity index (χ4n) is 7.08. The third-order valence-corrected chi connectivity index (χ3v) is 10.7. The molecule has 0 unspecified atom stereocenters. The van der Waals surface area contributed by atoms with Gasteiger partial charge in [-0.25, -0.2) is 19.2 Å². The van der Waals surface area contributed by atoms with Crippen molar-refractivity contribution in [3.05, 3.63) is 144 Å². The van der Waals surface area contributed by atoms with Crippen LogP contribution in [0, 0.1) is 0 Å². The van der Waals surface area contributed by atoms with E-state index in [0.29, 0.717) is 97.6 Å². The second-order valence-electron chi connectivity index (χ2n) is 16.2. The lowest BCUT2D eigenvalue weighted by Crippen LogP contribution is -2.39. The monoisotopic (exact) mass is 938 g/mol. The molecular weight excluding hydrogens is 867 g/mol. The van der Waals surface area contributed by atoms with Gasteiger partial charge in [-0.2, -0.15) is 0 Å². The van der Waals surface area contributed by atoms with Crippen LogP contribution in [0.3, 0.4) is 0 Å². The third-order valence-electron chi connectivity index (χ3n) is 10.7. The molecule has 368 valence electrons. The van der Waals surface area contributed by atoms with Crippen LogP contribution < -0.4 is 21.7 Å². The zero-order valence-electron chi connectivity index (χ0n) is 39.4. The van der Waals surface area contributed by atoms with Gasteiger partial charge in [-0.1, -0.05) is 128 Å². The summed E-state index contributed by atoms with van der Waals surface area (Å²) in [7, 11) is 0. The van der Waals surface area contributed by atoms with Gasteiger partial charge in [0.15, 0.2) is 0 Å². The standard InChI is InChI=1S/C52H71N7O9/c53-29-32-54-48(60)28-14-5-15-33-57(34-18-38-58(51(63)67-42-46-24-10-3-11-25-46)36-16-30-55-49(61)65-40-44-20-6-1-7-21-44)35-19-39-59(52(64)68-43-47-26-12-4-13-27-47)37-17-31-56-50(62)66-41-45-22-8-2-9-23-45/h1-4,6-13,20-27H,5,14-19,28-43,53H2,(H,54,60)(H,55,61)(H,56,62). The molecule has 0 atom stereocenters. The normalized spacial score (nSPS) is 10.7. The average molecular weight is 938 g/mol. The van der Waals surface area contributed by atoms with E-state index in [0.717, 1.165) is 48.1 Å². The molecule has 0 fully saturated rings. The second-order valence-corrected chi connectivity index (χ2v) is 16.2. The molecule has 0 aliphatic rings. The van der Waals surface area contributed by atoms with E-state index in [-0.39, 0.29) is 32.3 Å². The van der Waals surface area contributed by atoms with Crippen molar-refractivity contribution in [1.29, 1.82) is 0 Å². The Hall–Kier alpha value is -6.65. The van der Waals surface area contributed by atoms with E-state index in [2.05, 4.69) is 20.9 Å². The number of rotatable bonds is 32.